The molecule has 1 heterocycles. The second-order valence-corrected chi connectivity index (χ2v) is 4.99. The third-order valence-electron chi connectivity index (χ3n) is 2.58. The lowest BCUT2D eigenvalue weighted by molar-refractivity contribution is 0.286. The summed E-state index contributed by atoms with van der Waals surface area (Å²) < 4.78 is 6.57. The molecule has 0 aliphatic rings. The molecule has 1 aromatic carbocycles. The van der Waals surface area contributed by atoms with Gasteiger partial charge in [0.2, 0.25) is 5.88 Å². The Hall–Kier alpha value is -1.66. The van der Waals surface area contributed by atoms with Crippen LogP contribution < -0.4 is 10.1 Å². The van der Waals surface area contributed by atoms with Crippen LogP contribution in [0.2, 0.25) is 0 Å². The van der Waals surface area contributed by atoms with Crippen LogP contribution in [0.15, 0.2) is 41.1 Å². The number of hydrogen-bond donors (Lipinski definition) is 2. The van der Waals surface area contributed by atoms with Gasteiger partial charge in [-0.15, -0.1) is 0 Å². The van der Waals surface area contributed by atoms with Gasteiger partial charge in [-0.3, -0.25) is 0 Å². The lowest BCUT2D eigenvalue weighted by Crippen LogP contribution is -2.04. The molecule has 0 aliphatic carbocycles. The first-order valence-corrected chi connectivity index (χ1v) is 7.18. The maximum Gasteiger partial charge on any atom is 0.224 e. The van der Waals surface area contributed by atoms with E-state index in [9.17, 15) is 0 Å². The van der Waals surface area contributed by atoms with Gasteiger partial charge in [-0.25, -0.2) is 9.97 Å². The van der Waals surface area contributed by atoms with Crippen molar-refractivity contribution in [3.05, 3.63) is 41.1 Å². The number of benzene rings is 1. The third kappa shape index (κ3) is 4.47. The fourth-order valence-corrected chi connectivity index (χ4v) is 1.95. The van der Waals surface area contributed by atoms with Crippen LogP contribution in [0.5, 0.6) is 11.6 Å². The summed E-state index contributed by atoms with van der Waals surface area (Å²) >= 11 is 3.42. The SMILES string of the molecule is OCCCCNc1cc(Oc2ccccc2Br)ncn1. The maximum atomic E-state index is 8.72. The van der Waals surface area contributed by atoms with E-state index in [2.05, 4.69) is 31.2 Å². The van der Waals surface area contributed by atoms with E-state index in [1.54, 1.807) is 6.07 Å². The standard InChI is InChI=1S/C14H16BrN3O2/c15-11-5-1-2-6-12(11)20-14-9-13(17-10-18-14)16-7-3-4-8-19/h1-2,5-6,9-10,19H,3-4,7-8H2,(H,16,17,18). The Kier molecular flexibility index (Phi) is 5.76. The summed E-state index contributed by atoms with van der Waals surface area (Å²) in [5, 5.41) is 11.9. The number of aliphatic hydroxyl groups excluding tert-OH is 1. The number of nitrogens with zero attached hydrogens (tertiary/aromatic N) is 2. The number of halogens is 1. The van der Waals surface area contributed by atoms with E-state index in [-0.39, 0.29) is 6.61 Å². The van der Waals surface area contributed by atoms with Crippen LogP contribution in [0.1, 0.15) is 12.8 Å². The van der Waals surface area contributed by atoms with Gasteiger partial charge in [0.05, 0.1) is 4.47 Å². The van der Waals surface area contributed by atoms with E-state index in [1.807, 2.05) is 24.3 Å². The van der Waals surface area contributed by atoms with Gasteiger partial charge < -0.3 is 15.2 Å². The average molecular weight is 338 g/mol. The van der Waals surface area contributed by atoms with E-state index in [1.165, 1.54) is 6.33 Å². The predicted molar refractivity (Wildman–Crippen MR) is 81.1 cm³/mol. The van der Waals surface area contributed by atoms with Crippen molar-refractivity contribution in [3.63, 3.8) is 0 Å². The first-order valence-electron chi connectivity index (χ1n) is 6.39. The molecular weight excluding hydrogens is 322 g/mol. The van der Waals surface area contributed by atoms with Gasteiger partial charge in [-0.05, 0) is 40.9 Å². The minimum absolute atomic E-state index is 0.210. The first-order chi connectivity index (χ1) is 9.79. The van der Waals surface area contributed by atoms with E-state index >= 15 is 0 Å². The normalized spacial score (nSPS) is 10.3. The largest absolute Gasteiger partial charge is 0.438 e. The van der Waals surface area contributed by atoms with Crippen molar-refractivity contribution < 1.29 is 9.84 Å². The van der Waals surface area contributed by atoms with Crippen molar-refractivity contribution >= 4 is 21.7 Å². The highest BCUT2D eigenvalue weighted by Gasteiger charge is 2.04. The predicted octanol–water partition coefficient (Wildman–Crippen LogP) is 3.22. The van der Waals surface area contributed by atoms with Crippen LogP contribution in [0.25, 0.3) is 0 Å². The zero-order valence-electron chi connectivity index (χ0n) is 10.9. The molecule has 0 bridgehead atoms. The van der Waals surface area contributed by atoms with Gasteiger partial charge in [0.15, 0.2) is 0 Å². The lowest BCUT2D eigenvalue weighted by atomic mass is 10.3. The summed E-state index contributed by atoms with van der Waals surface area (Å²) in [5.41, 5.74) is 0. The molecule has 0 unspecified atom stereocenters. The number of aromatic nitrogens is 2. The quantitative estimate of drug-likeness (QED) is 0.759. The average Bonchev–Trinajstić information content (AvgIpc) is 2.47. The van der Waals surface area contributed by atoms with Crippen molar-refractivity contribution in [3.8, 4) is 11.6 Å². The Bertz CT molecular complexity index is 551. The third-order valence-corrected chi connectivity index (χ3v) is 3.24. The molecule has 0 amide bonds. The first kappa shape index (κ1) is 14.7. The van der Waals surface area contributed by atoms with Crippen LogP contribution in [0.4, 0.5) is 5.82 Å². The number of aliphatic hydroxyl groups is 1. The van der Waals surface area contributed by atoms with E-state index in [0.717, 1.165) is 23.9 Å². The summed E-state index contributed by atoms with van der Waals surface area (Å²) in [7, 11) is 0. The highest BCUT2D eigenvalue weighted by molar-refractivity contribution is 9.10. The Labute approximate surface area is 126 Å². The van der Waals surface area contributed by atoms with Crippen molar-refractivity contribution in [1.29, 1.82) is 0 Å². The Morgan fingerprint density at radius 1 is 1.20 bits per heavy atom. The number of rotatable bonds is 7. The van der Waals surface area contributed by atoms with Gasteiger partial charge >= 0.3 is 0 Å². The number of hydrogen-bond acceptors (Lipinski definition) is 5. The molecule has 0 radical (unpaired) electrons. The molecule has 0 saturated carbocycles. The molecule has 5 nitrogen and oxygen atoms in total. The Balaban J connectivity index is 1.97. The number of nitrogens with one attached hydrogen (secondary N) is 1. The molecule has 2 rings (SSSR count). The number of ether oxygens (including phenoxy) is 1. The number of anilines is 1. The molecule has 106 valence electrons. The topological polar surface area (TPSA) is 67.3 Å². The molecule has 0 spiro atoms. The van der Waals surface area contributed by atoms with Gasteiger partial charge in [0, 0.05) is 19.2 Å². The van der Waals surface area contributed by atoms with Gasteiger partial charge in [0.25, 0.3) is 0 Å². The van der Waals surface area contributed by atoms with Crippen molar-refractivity contribution in [1.82, 2.24) is 9.97 Å². The Morgan fingerprint density at radius 2 is 2.05 bits per heavy atom. The maximum absolute atomic E-state index is 8.72. The zero-order chi connectivity index (χ0) is 14.2. The van der Waals surface area contributed by atoms with Gasteiger partial charge in [0.1, 0.15) is 17.9 Å². The van der Waals surface area contributed by atoms with Crippen molar-refractivity contribution in [2.75, 3.05) is 18.5 Å². The fourth-order valence-electron chi connectivity index (χ4n) is 1.59. The van der Waals surface area contributed by atoms with Crippen molar-refractivity contribution in [2.45, 2.75) is 12.8 Å². The van der Waals surface area contributed by atoms with Crippen LogP contribution in [0, 0.1) is 0 Å². The zero-order valence-corrected chi connectivity index (χ0v) is 12.5. The minimum atomic E-state index is 0.210. The highest BCUT2D eigenvalue weighted by atomic mass is 79.9. The van der Waals surface area contributed by atoms with Gasteiger partial charge in [-0.2, -0.15) is 0 Å². The molecule has 2 aromatic rings. The van der Waals surface area contributed by atoms with E-state index < -0.39 is 0 Å². The number of para-hydroxylation sites is 1. The van der Waals surface area contributed by atoms with Gasteiger partial charge in [-0.1, -0.05) is 12.1 Å². The smallest absolute Gasteiger partial charge is 0.224 e. The molecular formula is C14H16BrN3O2. The van der Waals surface area contributed by atoms with Crippen LogP contribution in [0.3, 0.4) is 0 Å². The monoisotopic (exact) mass is 337 g/mol. The fraction of sp³-hybridized carbons (Fsp3) is 0.286. The summed E-state index contributed by atoms with van der Waals surface area (Å²) in [6.07, 6.45) is 3.12. The highest BCUT2D eigenvalue weighted by Crippen LogP contribution is 2.28. The summed E-state index contributed by atoms with van der Waals surface area (Å²) in [6, 6.07) is 9.34. The summed E-state index contributed by atoms with van der Waals surface area (Å²) in [5.74, 6) is 1.90. The number of unbranched alkanes of at least 4 members (excludes halogenated alkanes) is 1. The van der Waals surface area contributed by atoms with E-state index in [0.29, 0.717) is 17.4 Å². The second kappa shape index (κ2) is 7.81. The second-order valence-electron chi connectivity index (χ2n) is 4.13. The Morgan fingerprint density at radius 3 is 2.85 bits per heavy atom. The lowest BCUT2D eigenvalue weighted by Gasteiger charge is -2.08. The van der Waals surface area contributed by atoms with Crippen LogP contribution in [-0.4, -0.2) is 28.2 Å². The van der Waals surface area contributed by atoms with Crippen molar-refractivity contribution in [2.24, 2.45) is 0 Å². The molecule has 2 N–H and O–H groups in total. The summed E-state index contributed by atoms with van der Waals surface area (Å²) in [4.78, 5) is 8.21. The van der Waals surface area contributed by atoms with Crippen LogP contribution >= 0.6 is 15.9 Å². The minimum Gasteiger partial charge on any atom is -0.438 e. The molecule has 20 heavy (non-hydrogen) atoms. The van der Waals surface area contributed by atoms with Crippen LogP contribution in [-0.2, 0) is 0 Å². The molecule has 6 heteroatoms. The van der Waals surface area contributed by atoms with E-state index in [4.69, 9.17) is 9.84 Å². The molecule has 1 aromatic heterocycles. The summed E-state index contributed by atoms with van der Waals surface area (Å²) in [6.45, 7) is 0.966. The molecule has 0 aliphatic heterocycles. The molecule has 0 atom stereocenters. The molecule has 0 fully saturated rings. The molecule has 0 saturated heterocycles.